The molecule has 0 bridgehead atoms. The molecule has 0 aromatic heterocycles. The zero-order valence-electron chi connectivity index (χ0n) is 52.5. The highest BCUT2D eigenvalue weighted by atomic mass is 16.5. The van der Waals surface area contributed by atoms with Crippen molar-refractivity contribution >= 4 is 68.2 Å². The molecule has 12 nitrogen and oxygen atoms in total. The summed E-state index contributed by atoms with van der Waals surface area (Å²) in [5, 5.41) is 0. The lowest BCUT2D eigenvalue weighted by molar-refractivity contribution is 0.414. The first-order valence-electron chi connectivity index (χ1n) is 30.1. The molecule has 0 radical (unpaired) electrons. The molecule has 0 amide bonds. The smallest absolute Gasteiger partial charge is 0.119 e. The Kier molecular flexibility index (Phi) is 16.8. The third-order valence-corrected chi connectivity index (χ3v) is 16.9. The van der Waals surface area contributed by atoms with E-state index in [1.54, 1.807) is 56.9 Å². The maximum atomic E-state index is 5.71. The van der Waals surface area contributed by atoms with Gasteiger partial charge in [-0.25, -0.2) is 0 Å². The molecular formula is C80H68N4O8. The van der Waals surface area contributed by atoms with E-state index in [2.05, 4.69) is 189 Å². The van der Waals surface area contributed by atoms with Gasteiger partial charge in [0.05, 0.1) is 56.9 Å². The Morgan fingerprint density at radius 2 is 0.261 bits per heavy atom. The van der Waals surface area contributed by atoms with E-state index in [4.69, 9.17) is 37.9 Å². The van der Waals surface area contributed by atoms with Gasteiger partial charge >= 0.3 is 0 Å². The van der Waals surface area contributed by atoms with Crippen molar-refractivity contribution in [1.82, 2.24) is 0 Å². The summed E-state index contributed by atoms with van der Waals surface area (Å²) in [6.45, 7) is 0. The number of ether oxygens (including phenoxy) is 8. The number of benzene rings is 12. The number of hydrogen-bond acceptors (Lipinski definition) is 12. The van der Waals surface area contributed by atoms with Crippen LogP contribution in [-0.2, 0) is 0 Å². The zero-order chi connectivity index (χ0) is 63.2. The van der Waals surface area contributed by atoms with Gasteiger partial charge in [-0.3, -0.25) is 0 Å². The molecule has 0 saturated carbocycles. The van der Waals surface area contributed by atoms with Gasteiger partial charge in [-0.2, -0.15) is 0 Å². The van der Waals surface area contributed by atoms with E-state index in [0.717, 1.165) is 159 Å². The molecule has 0 atom stereocenters. The second kappa shape index (κ2) is 26.1. The average Bonchev–Trinajstić information content (AvgIpc) is 0.736. The number of fused-ring (bicyclic) bond motifs is 8. The minimum atomic E-state index is 0.757. The van der Waals surface area contributed by atoms with Crippen molar-refractivity contribution in [2.24, 2.45) is 0 Å². The van der Waals surface area contributed by atoms with Gasteiger partial charge in [-0.05, 0) is 287 Å². The third kappa shape index (κ3) is 11.6. The highest BCUT2D eigenvalue weighted by Crippen LogP contribution is 2.54. The molecule has 12 aromatic carbocycles. The lowest BCUT2D eigenvalue weighted by Crippen LogP contribution is -2.12. The van der Waals surface area contributed by atoms with Crippen LogP contribution < -0.4 is 57.5 Å². The van der Waals surface area contributed by atoms with Crippen LogP contribution >= 0.6 is 0 Å². The summed E-state index contributed by atoms with van der Waals surface area (Å²) in [5.41, 5.74) is 19.5. The molecule has 0 heterocycles. The molecule has 12 heteroatoms. The Bertz CT molecular complexity index is 3750. The van der Waals surface area contributed by atoms with Gasteiger partial charge < -0.3 is 57.5 Å². The first-order valence-corrected chi connectivity index (χ1v) is 30.1. The topological polar surface area (TPSA) is 86.8 Å². The quantitative estimate of drug-likeness (QED) is 0.0728. The van der Waals surface area contributed by atoms with Crippen molar-refractivity contribution < 1.29 is 37.9 Å². The SMILES string of the molecule is COc1ccc(N(c2ccc(OC)cc2)c2ccc3c(c2)-c2cc(N(c4ccc(OC)cc4)c4ccc(OC)cc4)ccc2-c2ccc(N(c4ccc(OC)cc4)c4ccc(OC)cc4)cc2-c2cc(N(c4ccc(OC)cc4)c4ccc(OC)cc4)ccc2-3)cc1. The second-order valence-corrected chi connectivity index (χ2v) is 21.8. The fraction of sp³-hybridized carbons (Fsp3) is 0.100. The Hall–Kier alpha value is -11.8. The van der Waals surface area contributed by atoms with Crippen LogP contribution in [0.4, 0.5) is 68.2 Å². The minimum Gasteiger partial charge on any atom is -0.497 e. The van der Waals surface area contributed by atoms with E-state index in [9.17, 15) is 0 Å². The van der Waals surface area contributed by atoms with Crippen LogP contribution in [0.25, 0.3) is 44.5 Å². The van der Waals surface area contributed by atoms with E-state index < -0.39 is 0 Å². The first kappa shape index (κ1) is 59.2. The summed E-state index contributed by atoms with van der Waals surface area (Å²) in [6, 6.07) is 92.9. The normalized spacial score (nSPS) is 11.0. The monoisotopic (exact) mass is 1210 g/mol. The predicted octanol–water partition coefficient (Wildman–Crippen LogP) is 20.6. The lowest BCUT2D eigenvalue weighted by atomic mass is 9.80. The van der Waals surface area contributed by atoms with Crippen molar-refractivity contribution in [3.05, 3.63) is 267 Å². The Morgan fingerprint density at radius 1 is 0.141 bits per heavy atom. The Balaban J connectivity index is 1.12. The molecule has 0 N–H and O–H groups in total. The van der Waals surface area contributed by atoms with Crippen molar-refractivity contribution in [1.29, 1.82) is 0 Å². The molecule has 0 saturated heterocycles. The van der Waals surface area contributed by atoms with Crippen molar-refractivity contribution in [2.45, 2.75) is 0 Å². The van der Waals surface area contributed by atoms with Crippen LogP contribution in [-0.4, -0.2) is 56.9 Å². The molecule has 0 fully saturated rings. The summed E-state index contributed by atoms with van der Waals surface area (Å²) in [4.78, 5) is 9.12. The summed E-state index contributed by atoms with van der Waals surface area (Å²) in [7, 11) is 13.5. The number of anilines is 12. The Morgan fingerprint density at radius 3 is 0.380 bits per heavy atom. The van der Waals surface area contributed by atoms with Crippen LogP contribution in [0.1, 0.15) is 0 Å². The van der Waals surface area contributed by atoms with E-state index in [-0.39, 0.29) is 0 Å². The molecule has 456 valence electrons. The third-order valence-electron chi connectivity index (χ3n) is 16.9. The van der Waals surface area contributed by atoms with Crippen LogP contribution in [0.5, 0.6) is 46.0 Å². The first-order chi connectivity index (χ1) is 45.2. The van der Waals surface area contributed by atoms with E-state index in [1.165, 1.54) is 0 Å². The molecule has 1 aliphatic rings. The number of hydrogen-bond donors (Lipinski definition) is 0. The van der Waals surface area contributed by atoms with Crippen LogP contribution in [0.2, 0.25) is 0 Å². The zero-order valence-corrected chi connectivity index (χ0v) is 52.5. The van der Waals surface area contributed by atoms with Gasteiger partial charge in [0.2, 0.25) is 0 Å². The lowest BCUT2D eigenvalue weighted by Gasteiger charge is -2.32. The van der Waals surface area contributed by atoms with Crippen molar-refractivity contribution in [2.75, 3.05) is 76.5 Å². The number of rotatable bonds is 20. The Labute approximate surface area is 537 Å². The van der Waals surface area contributed by atoms with E-state index >= 15 is 0 Å². The molecule has 0 unspecified atom stereocenters. The molecule has 12 aromatic rings. The van der Waals surface area contributed by atoms with Crippen LogP contribution in [0.3, 0.4) is 0 Å². The summed E-state index contributed by atoms with van der Waals surface area (Å²) >= 11 is 0. The molecule has 0 spiro atoms. The molecule has 1 aliphatic carbocycles. The summed E-state index contributed by atoms with van der Waals surface area (Å²) < 4.78 is 45.7. The van der Waals surface area contributed by atoms with Crippen LogP contribution in [0, 0.1) is 0 Å². The van der Waals surface area contributed by atoms with E-state index in [0.29, 0.717) is 0 Å². The maximum Gasteiger partial charge on any atom is 0.119 e. The van der Waals surface area contributed by atoms with Gasteiger partial charge in [0.25, 0.3) is 0 Å². The fourth-order valence-corrected chi connectivity index (χ4v) is 12.2. The molecule has 13 rings (SSSR count). The van der Waals surface area contributed by atoms with Crippen LogP contribution in [0.15, 0.2) is 267 Å². The number of methoxy groups -OCH3 is 8. The molecule has 0 aliphatic heterocycles. The predicted molar refractivity (Wildman–Crippen MR) is 373 cm³/mol. The van der Waals surface area contributed by atoms with Gasteiger partial charge in [-0.1, -0.05) is 24.3 Å². The standard InChI is InChI=1S/C80H68N4O8/c1-85-65-29-9-53(10-30-65)81(54-11-31-66(86-2)32-12-54)61-25-45-73-74-46-26-63(83(57-17-37-69(89-5)38-18-57)58-19-39-70(90-6)40-20-58)51-79(74)80-52-64(84(59-21-41-71(91-7)42-22-59)60-23-43-72(92-8)44-24-60)28-48-76(80)75-47-27-62(50-78(75)77(73)49-61)82(55-13-33-67(87-3)34-14-55)56-15-35-68(88-4)36-16-56/h9-52H,1-8H3. The summed E-state index contributed by atoms with van der Waals surface area (Å²) in [6.07, 6.45) is 0. The van der Waals surface area contributed by atoms with Crippen molar-refractivity contribution in [3.63, 3.8) is 0 Å². The largest absolute Gasteiger partial charge is 0.497 e. The summed E-state index contributed by atoms with van der Waals surface area (Å²) in [5.74, 6) is 6.06. The van der Waals surface area contributed by atoms with Gasteiger partial charge in [0.15, 0.2) is 0 Å². The molecule has 92 heavy (non-hydrogen) atoms. The maximum absolute atomic E-state index is 5.71. The number of nitrogens with zero attached hydrogens (tertiary/aromatic N) is 4. The average molecular weight is 1210 g/mol. The van der Waals surface area contributed by atoms with Gasteiger partial charge in [-0.15, -0.1) is 0 Å². The van der Waals surface area contributed by atoms with Gasteiger partial charge in [0, 0.05) is 68.2 Å². The highest BCUT2D eigenvalue weighted by Gasteiger charge is 2.29. The van der Waals surface area contributed by atoms with Crippen molar-refractivity contribution in [3.8, 4) is 90.5 Å². The fourth-order valence-electron chi connectivity index (χ4n) is 12.2. The minimum absolute atomic E-state index is 0.757. The molecular weight excluding hydrogens is 1140 g/mol. The second-order valence-electron chi connectivity index (χ2n) is 21.8. The highest BCUT2D eigenvalue weighted by molar-refractivity contribution is 6.07. The van der Waals surface area contributed by atoms with Gasteiger partial charge in [0.1, 0.15) is 46.0 Å². The van der Waals surface area contributed by atoms with E-state index in [1.807, 2.05) is 97.1 Å².